The highest BCUT2D eigenvalue weighted by Gasteiger charge is 1.99. The number of halogens is 3. The SMILES string of the molecule is O=COC/C(Cl)=C(\Cl)CCl. The number of carbonyl (C=O) groups excluding carboxylic acids is 1. The molecule has 0 heterocycles. The Labute approximate surface area is 73.7 Å². The maximum atomic E-state index is 9.64. The van der Waals surface area contributed by atoms with E-state index in [0.717, 1.165) is 0 Å². The van der Waals surface area contributed by atoms with Gasteiger partial charge in [-0.2, -0.15) is 0 Å². The molecule has 0 atom stereocenters. The summed E-state index contributed by atoms with van der Waals surface area (Å²) in [4.78, 5) is 9.64. The number of hydrogen-bond donors (Lipinski definition) is 0. The first-order valence-corrected chi connectivity index (χ1v) is 3.65. The minimum atomic E-state index is -0.0173. The molecule has 0 aliphatic heterocycles. The summed E-state index contributed by atoms with van der Waals surface area (Å²) in [6, 6.07) is 0. The summed E-state index contributed by atoms with van der Waals surface area (Å²) in [6.45, 7) is 0.275. The van der Waals surface area contributed by atoms with E-state index in [4.69, 9.17) is 34.8 Å². The van der Waals surface area contributed by atoms with Gasteiger partial charge in [0.25, 0.3) is 6.47 Å². The van der Waals surface area contributed by atoms with Crippen LogP contribution in [0.15, 0.2) is 10.1 Å². The van der Waals surface area contributed by atoms with Crippen molar-refractivity contribution in [1.82, 2.24) is 0 Å². The standard InChI is InChI=1S/C5H5Cl3O2/c6-1-4(7)5(8)2-10-3-9/h3H,1-2H2/b5-4+. The molecule has 0 rings (SSSR count). The monoisotopic (exact) mass is 202 g/mol. The Bertz CT molecular complexity index is 144. The number of carbonyl (C=O) groups is 1. The summed E-state index contributed by atoms with van der Waals surface area (Å²) in [5.41, 5.74) is 0. The first-order valence-electron chi connectivity index (χ1n) is 2.36. The van der Waals surface area contributed by atoms with Crippen LogP contribution in [0.2, 0.25) is 0 Å². The molecule has 0 N–H and O–H groups in total. The lowest BCUT2D eigenvalue weighted by Crippen LogP contribution is -1.93. The van der Waals surface area contributed by atoms with Gasteiger partial charge < -0.3 is 4.74 Å². The summed E-state index contributed by atoms with van der Waals surface area (Å²) in [5.74, 6) is 0.128. The normalized spacial score (nSPS) is 12.3. The van der Waals surface area contributed by atoms with Crippen LogP contribution in [0.5, 0.6) is 0 Å². The van der Waals surface area contributed by atoms with E-state index in [1.165, 1.54) is 0 Å². The van der Waals surface area contributed by atoms with E-state index in [2.05, 4.69) is 4.74 Å². The number of rotatable bonds is 4. The predicted octanol–water partition coefficient (Wildman–Crippen LogP) is 2.09. The van der Waals surface area contributed by atoms with E-state index in [1.54, 1.807) is 0 Å². The van der Waals surface area contributed by atoms with Gasteiger partial charge >= 0.3 is 0 Å². The Kier molecular flexibility index (Phi) is 5.88. The molecule has 0 unspecified atom stereocenters. The van der Waals surface area contributed by atoms with Crippen molar-refractivity contribution < 1.29 is 9.53 Å². The molecule has 58 valence electrons. The lowest BCUT2D eigenvalue weighted by Gasteiger charge is -1.97. The first-order chi connectivity index (χ1) is 4.72. The summed E-state index contributed by atoms with van der Waals surface area (Å²) < 4.78 is 4.30. The second-order valence-corrected chi connectivity index (χ2v) is 2.53. The zero-order valence-corrected chi connectivity index (χ0v) is 7.21. The largest absolute Gasteiger partial charge is 0.462 e. The molecule has 0 saturated heterocycles. The summed E-state index contributed by atoms with van der Waals surface area (Å²) in [5, 5.41) is 0.550. The van der Waals surface area contributed by atoms with Gasteiger partial charge in [-0.15, -0.1) is 11.6 Å². The van der Waals surface area contributed by atoms with Crippen LogP contribution in [-0.2, 0) is 9.53 Å². The third-order valence-electron chi connectivity index (χ3n) is 0.690. The molecule has 0 aromatic carbocycles. The smallest absolute Gasteiger partial charge is 0.293 e. The molecule has 0 aromatic heterocycles. The predicted molar refractivity (Wildman–Crippen MR) is 41.5 cm³/mol. The van der Waals surface area contributed by atoms with E-state index in [0.29, 0.717) is 11.5 Å². The molecule has 0 bridgehead atoms. The van der Waals surface area contributed by atoms with Crippen molar-refractivity contribution in [2.45, 2.75) is 0 Å². The van der Waals surface area contributed by atoms with Crippen LogP contribution in [0.4, 0.5) is 0 Å². The lowest BCUT2D eigenvalue weighted by atomic mass is 10.5. The molecule has 10 heavy (non-hydrogen) atoms. The molecule has 0 amide bonds. The first kappa shape index (κ1) is 10.1. The maximum absolute atomic E-state index is 9.64. The molecule has 0 aromatic rings. The summed E-state index contributed by atoms with van der Waals surface area (Å²) in [6.07, 6.45) is 0. The molecule has 0 radical (unpaired) electrons. The Morgan fingerprint density at radius 1 is 1.40 bits per heavy atom. The molecule has 0 fully saturated rings. The zero-order chi connectivity index (χ0) is 7.98. The average Bonchev–Trinajstić information content (AvgIpc) is 1.98. The highest BCUT2D eigenvalue weighted by atomic mass is 35.5. The van der Waals surface area contributed by atoms with Gasteiger partial charge in [0.2, 0.25) is 0 Å². The van der Waals surface area contributed by atoms with Crippen molar-refractivity contribution in [3.8, 4) is 0 Å². The van der Waals surface area contributed by atoms with Gasteiger partial charge in [0.05, 0.1) is 15.9 Å². The number of hydrogen-bond acceptors (Lipinski definition) is 2. The Morgan fingerprint density at radius 2 is 2.00 bits per heavy atom. The van der Waals surface area contributed by atoms with Gasteiger partial charge in [0.1, 0.15) is 6.61 Å². The molecule has 0 spiro atoms. The highest BCUT2D eigenvalue weighted by Crippen LogP contribution is 2.14. The molecular weight excluding hydrogens is 198 g/mol. The third kappa shape index (κ3) is 3.99. The number of ether oxygens (including phenoxy) is 1. The number of alkyl halides is 1. The average molecular weight is 203 g/mol. The molecular formula is C5H5Cl3O2. The minimum absolute atomic E-state index is 0.0173. The topological polar surface area (TPSA) is 26.3 Å². The third-order valence-corrected chi connectivity index (χ3v) is 1.89. The van der Waals surface area contributed by atoms with Crippen LogP contribution < -0.4 is 0 Å². The van der Waals surface area contributed by atoms with E-state index in [9.17, 15) is 4.79 Å². The van der Waals surface area contributed by atoms with Crippen molar-refractivity contribution in [1.29, 1.82) is 0 Å². The Morgan fingerprint density at radius 3 is 2.40 bits per heavy atom. The van der Waals surface area contributed by atoms with Crippen molar-refractivity contribution in [3.05, 3.63) is 10.1 Å². The van der Waals surface area contributed by atoms with Gasteiger partial charge in [0.15, 0.2) is 0 Å². The van der Waals surface area contributed by atoms with Gasteiger partial charge in [0, 0.05) is 0 Å². The van der Waals surface area contributed by atoms with Crippen molar-refractivity contribution in [2.24, 2.45) is 0 Å². The summed E-state index contributed by atoms with van der Waals surface area (Å²) in [7, 11) is 0. The molecule has 0 aliphatic rings. The second kappa shape index (κ2) is 5.83. The lowest BCUT2D eigenvalue weighted by molar-refractivity contribution is -0.127. The van der Waals surface area contributed by atoms with Gasteiger partial charge in [-0.25, -0.2) is 0 Å². The van der Waals surface area contributed by atoms with Gasteiger partial charge in [-0.05, 0) is 0 Å². The van der Waals surface area contributed by atoms with E-state index in [1.807, 2.05) is 0 Å². The number of allylic oxidation sites excluding steroid dienone is 1. The molecule has 0 aliphatic carbocycles. The van der Waals surface area contributed by atoms with Crippen LogP contribution in [0.1, 0.15) is 0 Å². The van der Waals surface area contributed by atoms with Crippen molar-refractivity contribution in [3.63, 3.8) is 0 Å². The Balaban J connectivity index is 3.79. The second-order valence-electron chi connectivity index (χ2n) is 1.35. The van der Waals surface area contributed by atoms with E-state index < -0.39 is 0 Å². The zero-order valence-electron chi connectivity index (χ0n) is 4.94. The fourth-order valence-electron chi connectivity index (χ4n) is 0.258. The van der Waals surface area contributed by atoms with Crippen molar-refractivity contribution in [2.75, 3.05) is 12.5 Å². The van der Waals surface area contributed by atoms with Crippen LogP contribution in [0, 0.1) is 0 Å². The fourth-order valence-corrected chi connectivity index (χ4v) is 0.672. The fraction of sp³-hybridized carbons (Fsp3) is 0.400. The van der Waals surface area contributed by atoms with Crippen LogP contribution in [0.25, 0.3) is 0 Å². The Hall–Kier alpha value is 0.0800. The van der Waals surface area contributed by atoms with Crippen LogP contribution in [-0.4, -0.2) is 19.0 Å². The quantitative estimate of drug-likeness (QED) is 0.517. The van der Waals surface area contributed by atoms with E-state index in [-0.39, 0.29) is 17.5 Å². The van der Waals surface area contributed by atoms with Crippen LogP contribution in [0.3, 0.4) is 0 Å². The van der Waals surface area contributed by atoms with Crippen molar-refractivity contribution >= 4 is 41.3 Å². The van der Waals surface area contributed by atoms with Gasteiger partial charge in [-0.3, -0.25) is 4.79 Å². The summed E-state index contributed by atoms with van der Waals surface area (Å²) >= 11 is 16.3. The van der Waals surface area contributed by atoms with Crippen LogP contribution >= 0.6 is 34.8 Å². The van der Waals surface area contributed by atoms with Gasteiger partial charge in [-0.1, -0.05) is 23.2 Å². The minimum Gasteiger partial charge on any atom is -0.462 e. The molecule has 0 saturated carbocycles. The van der Waals surface area contributed by atoms with E-state index >= 15 is 0 Å². The molecule has 2 nitrogen and oxygen atoms in total. The maximum Gasteiger partial charge on any atom is 0.293 e. The molecule has 5 heteroatoms. The highest BCUT2D eigenvalue weighted by molar-refractivity contribution is 6.42.